The Morgan fingerprint density at radius 2 is 2.11 bits per heavy atom. The second-order valence-corrected chi connectivity index (χ2v) is 4.93. The molecule has 1 aromatic carbocycles. The van der Waals surface area contributed by atoms with Gasteiger partial charge < -0.3 is 4.90 Å². The molecule has 6 heteroatoms. The van der Waals surface area contributed by atoms with Crippen molar-refractivity contribution in [2.45, 2.75) is 13.8 Å². The Morgan fingerprint density at radius 1 is 1.50 bits per heavy atom. The molecule has 0 N–H and O–H groups in total. The molecular formula is C12H15ClN2O3. The number of hydrogen-bond donors (Lipinski definition) is 0. The molecule has 0 unspecified atom stereocenters. The second-order valence-electron chi connectivity index (χ2n) is 4.50. The highest BCUT2D eigenvalue weighted by Crippen LogP contribution is 2.24. The van der Waals surface area contributed by atoms with Crippen LogP contribution < -0.4 is 0 Å². The van der Waals surface area contributed by atoms with E-state index in [2.05, 4.69) is 0 Å². The first kappa shape index (κ1) is 14.4. The lowest BCUT2D eigenvalue weighted by molar-refractivity contribution is -0.385. The third-order valence-corrected chi connectivity index (χ3v) is 2.61. The van der Waals surface area contributed by atoms with Crippen LogP contribution >= 0.6 is 11.6 Å². The van der Waals surface area contributed by atoms with Gasteiger partial charge in [-0.3, -0.25) is 14.9 Å². The summed E-state index contributed by atoms with van der Waals surface area (Å²) < 4.78 is 0. The number of nitro benzene ring substituents is 1. The molecular weight excluding hydrogens is 256 g/mol. The molecule has 98 valence electrons. The fraction of sp³-hybridized carbons (Fsp3) is 0.417. The fourth-order valence-electron chi connectivity index (χ4n) is 1.68. The minimum atomic E-state index is -0.577. The molecule has 1 aromatic rings. The van der Waals surface area contributed by atoms with Crippen molar-refractivity contribution < 1.29 is 9.72 Å². The molecule has 0 aliphatic carbocycles. The molecule has 1 rings (SSSR count). The molecule has 0 fully saturated rings. The first-order valence-corrected chi connectivity index (χ1v) is 5.90. The highest BCUT2D eigenvalue weighted by Gasteiger charge is 2.23. The molecule has 0 saturated carbocycles. The van der Waals surface area contributed by atoms with Gasteiger partial charge in [0.05, 0.1) is 4.92 Å². The molecule has 0 saturated heterocycles. The van der Waals surface area contributed by atoms with Crippen molar-refractivity contribution in [1.29, 1.82) is 0 Å². The Labute approximate surface area is 110 Å². The zero-order chi connectivity index (χ0) is 13.9. The maximum atomic E-state index is 12.1. The molecule has 0 aliphatic rings. The predicted molar refractivity (Wildman–Crippen MR) is 69.9 cm³/mol. The Morgan fingerprint density at radius 3 is 2.61 bits per heavy atom. The van der Waals surface area contributed by atoms with Crippen LogP contribution in [-0.4, -0.2) is 29.3 Å². The van der Waals surface area contributed by atoms with E-state index >= 15 is 0 Å². The summed E-state index contributed by atoms with van der Waals surface area (Å²) in [4.78, 5) is 23.9. The van der Waals surface area contributed by atoms with Crippen LogP contribution in [0.15, 0.2) is 18.2 Å². The molecule has 0 aromatic heterocycles. The lowest BCUT2D eigenvalue weighted by Gasteiger charge is -2.19. The van der Waals surface area contributed by atoms with E-state index in [1.165, 1.54) is 23.1 Å². The van der Waals surface area contributed by atoms with Crippen LogP contribution in [0.2, 0.25) is 5.02 Å². The predicted octanol–water partition coefficient (Wildman–Crippen LogP) is 2.98. The third kappa shape index (κ3) is 3.43. The van der Waals surface area contributed by atoms with Crippen molar-refractivity contribution in [2.24, 2.45) is 5.92 Å². The van der Waals surface area contributed by atoms with Gasteiger partial charge in [0.1, 0.15) is 5.56 Å². The van der Waals surface area contributed by atoms with Gasteiger partial charge in [-0.1, -0.05) is 25.4 Å². The number of benzene rings is 1. The summed E-state index contributed by atoms with van der Waals surface area (Å²) in [5, 5.41) is 11.2. The van der Waals surface area contributed by atoms with E-state index < -0.39 is 10.8 Å². The summed E-state index contributed by atoms with van der Waals surface area (Å²) in [5.74, 6) is -0.102. The number of amides is 1. The zero-order valence-corrected chi connectivity index (χ0v) is 11.3. The van der Waals surface area contributed by atoms with Crippen LogP contribution in [0.25, 0.3) is 0 Å². The van der Waals surface area contributed by atoms with Crippen LogP contribution in [0.1, 0.15) is 24.2 Å². The van der Waals surface area contributed by atoms with E-state index in [1.54, 1.807) is 7.05 Å². The highest BCUT2D eigenvalue weighted by molar-refractivity contribution is 6.31. The van der Waals surface area contributed by atoms with Crippen molar-refractivity contribution in [3.8, 4) is 0 Å². The summed E-state index contributed by atoms with van der Waals surface area (Å²) in [6.45, 7) is 4.47. The lowest BCUT2D eigenvalue weighted by atomic mass is 10.1. The first-order valence-electron chi connectivity index (χ1n) is 5.52. The van der Waals surface area contributed by atoms with Crippen LogP contribution in [0.4, 0.5) is 5.69 Å². The third-order valence-electron chi connectivity index (χ3n) is 2.37. The summed E-state index contributed by atoms with van der Waals surface area (Å²) in [7, 11) is 1.62. The summed E-state index contributed by atoms with van der Waals surface area (Å²) in [6.07, 6.45) is 0. The fourth-order valence-corrected chi connectivity index (χ4v) is 1.85. The zero-order valence-electron chi connectivity index (χ0n) is 10.5. The maximum Gasteiger partial charge on any atom is 0.282 e. The molecule has 0 spiro atoms. The van der Waals surface area contributed by atoms with E-state index in [9.17, 15) is 14.9 Å². The molecule has 5 nitrogen and oxygen atoms in total. The normalized spacial score (nSPS) is 10.5. The number of halogens is 1. The number of nitrogens with zero attached hydrogens (tertiary/aromatic N) is 2. The standard InChI is InChI=1S/C12H15ClN2O3/c1-8(2)7-14(3)12(16)10-6-9(13)4-5-11(10)15(17)18/h4-6,8H,7H2,1-3H3. The van der Waals surface area contributed by atoms with Gasteiger partial charge in [-0.15, -0.1) is 0 Å². The number of hydrogen-bond acceptors (Lipinski definition) is 3. The number of rotatable bonds is 4. The summed E-state index contributed by atoms with van der Waals surface area (Å²) in [5.41, 5.74) is -0.198. The van der Waals surface area contributed by atoms with Crippen LogP contribution in [-0.2, 0) is 0 Å². The average molecular weight is 271 g/mol. The van der Waals surface area contributed by atoms with Gasteiger partial charge in [0.25, 0.3) is 11.6 Å². The van der Waals surface area contributed by atoms with E-state index in [1.807, 2.05) is 13.8 Å². The molecule has 0 atom stereocenters. The Bertz CT molecular complexity index is 474. The van der Waals surface area contributed by atoms with Crippen molar-refractivity contribution in [2.75, 3.05) is 13.6 Å². The Kier molecular flexibility index (Phi) is 4.67. The highest BCUT2D eigenvalue weighted by atomic mass is 35.5. The van der Waals surface area contributed by atoms with Gasteiger partial charge in [-0.25, -0.2) is 0 Å². The van der Waals surface area contributed by atoms with Gasteiger partial charge in [-0.05, 0) is 18.1 Å². The van der Waals surface area contributed by atoms with Crippen molar-refractivity contribution in [3.05, 3.63) is 38.9 Å². The van der Waals surface area contributed by atoms with Crippen molar-refractivity contribution >= 4 is 23.2 Å². The number of nitro groups is 1. The summed E-state index contributed by atoms with van der Waals surface area (Å²) >= 11 is 5.78. The van der Waals surface area contributed by atoms with Crippen molar-refractivity contribution in [1.82, 2.24) is 4.90 Å². The average Bonchev–Trinajstić information content (AvgIpc) is 2.26. The van der Waals surface area contributed by atoms with Gasteiger partial charge >= 0.3 is 0 Å². The molecule has 18 heavy (non-hydrogen) atoms. The van der Waals surface area contributed by atoms with E-state index in [0.29, 0.717) is 11.6 Å². The largest absolute Gasteiger partial charge is 0.341 e. The molecule has 0 heterocycles. The SMILES string of the molecule is CC(C)CN(C)C(=O)c1cc(Cl)ccc1[N+](=O)[O-]. The van der Waals surface area contributed by atoms with E-state index in [4.69, 9.17) is 11.6 Å². The maximum absolute atomic E-state index is 12.1. The second kappa shape index (κ2) is 5.82. The summed E-state index contributed by atoms with van der Waals surface area (Å²) in [6, 6.07) is 3.98. The minimum absolute atomic E-state index is 0.0238. The molecule has 0 bridgehead atoms. The van der Waals surface area contributed by atoms with Gasteiger partial charge in [0.15, 0.2) is 0 Å². The number of carbonyl (C=O) groups is 1. The van der Waals surface area contributed by atoms with Crippen LogP contribution in [0.3, 0.4) is 0 Å². The first-order chi connectivity index (χ1) is 8.32. The molecule has 0 radical (unpaired) electrons. The molecule has 0 aliphatic heterocycles. The van der Waals surface area contributed by atoms with Crippen molar-refractivity contribution in [3.63, 3.8) is 0 Å². The van der Waals surface area contributed by atoms with Crippen LogP contribution in [0.5, 0.6) is 0 Å². The lowest BCUT2D eigenvalue weighted by Crippen LogP contribution is -2.30. The Hall–Kier alpha value is -1.62. The van der Waals surface area contributed by atoms with E-state index in [-0.39, 0.29) is 17.2 Å². The van der Waals surface area contributed by atoms with Gasteiger partial charge in [-0.2, -0.15) is 0 Å². The topological polar surface area (TPSA) is 63.5 Å². The van der Waals surface area contributed by atoms with Crippen LogP contribution in [0, 0.1) is 16.0 Å². The van der Waals surface area contributed by atoms with E-state index in [0.717, 1.165) is 0 Å². The smallest absolute Gasteiger partial charge is 0.282 e. The Balaban J connectivity index is 3.11. The monoisotopic (exact) mass is 270 g/mol. The quantitative estimate of drug-likeness (QED) is 0.624. The van der Waals surface area contributed by atoms with Gasteiger partial charge in [0.2, 0.25) is 0 Å². The van der Waals surface area contributed by atoms with Gasteiger partial charge in [0, 0.05) is 24.7 Å². The minimum Gasteiger partial charge on any atom is -0.341 e. The molecule has 1 amide bonds. The number of carbonyl (C=O) groups excluding carboxylic acids is 1.